The first kappa shape index (κ1) is 82.7. The fraction of sp³-hybridized carbons (Fsp3) is 0.0909. The largest absolute Gasteiger partial charge is 0.310 e. The van der Waals surface area contributed by atoms with E-state index in [0.717, 1.165) is 146 Å². The second kappa shape index (κ2) is 32.8. The summed E-state index contributed by atoms with van der Waals surface area (Å²) in [6.45, 7) is 19.1. The van der Waals surface area contributed by atoms with Crippen LogP contribution in [0.25, 0.3) is 122 Å². The molecule has 4 aliphatic carbocycles. The molecule has 0 spiro atoms. The predicted octanol–water partition coefficient (Wildman–Crippen LogP) is 36.5. The quantitative estimate of drug-likeness (QED) is 0.0800. The number of anilines is 12. The fourth-order valence-corrected chi connectivity index (χ4v) is 22.7. The first-order valence-corrected chi connectivity index (χ1v) is 47.7. The Hall–Kier alpha value is -16.4. The monoisotopic (exact) mass is 1740 g/mol. The highest BCUT2D eigenvalue weighted by Gasteiger charge is 2.41. The van der Waals surface area contributed by atoms with Gasteiger partial charge in [0.15, 0.2) is 0 Å². The molecule has 0 radical (unpaired) electrons. The Balaban J connectivity index is 0.725. The normalized spacial score (nSPS) is 13.7. The highest BCUT2D eigenvalue weighted by Crippen LogP contribution is 2.59. The maximum absolute atomic E-state index is 2.54. The third-order valence-corrected chi connectivity index (χ3v) is 29.7. The van der Waals surface area contributed by atoms with Gasteiger partial charge in [-0.25, -0.2) is 0 Å². The van der Waals surface area contributed by atoms with Gasteiger partial charge in [-0.1, -0.05) is 371 Å². The molecule has 0 aromatic heterocycles. The molecule has 0 amide bonds. The molecule has 4 heteroatoms. The Morgan fingerprint density at radius 2 is 0.287 bits per heavy atom. The molecule has 4 aliphatic rings. The molecule has 0 saturated carbocycles. The summed E-state index contributed by atoms with van der Waals surface area (Å²) in [5.74, 6) is 0. The van der Waals surface area contributed by atoms with Crippen molar-refractivity contribution < 1.29 is 0 Å². The van der Waals surface area contributed by atoms with Crippen LogP contribution in [0.1, 0.15) is 99.9 Å². The summed E-state index contributed by atoms with van der Waals surface area (Å²) in [5, 5.41) is 0. The van der Waals surface area contributed by atoms with Crippen molar-refractivity contribution in [1.29, 1.82) is 0 Å². The van der Waals surface area contributed by atoms with Crippen molar-refractivity contribution in [1.82, 2.24) is 0 Å². The van der Waals surface area contributed by atoms with Gasteiger partial charge in [0.2, 0.25) is 0 Å². The summed E-state index contributed by atoms with van der Waals surface area (Å²) in [6.07, 6.45) is 0. The molecule has 4 nitrogen and oxygen atoms in total. The van der Waals surface area contributed by atoms with Crippen LogP contribution in [0.5, 0.6) is 0 Å². The van der Waals surface area contributed by atoms with E-state index >= 15 is 0 Å². The number of nitrogens with zero attached hydrogens (tertiary/aromatic N) is 4. The van der Waals surface area contributed by atoms with Crippen LogP contribution >= 0.6 is 0 Å². The average Bonchev–Trinajstić information content (AvgIpc) is 1.58. The molecule has 0 N–H and O–H groups in total. The highest BCUT2D eigenvalue weighted by molar-refractivity contribution is 5.98. The zero-order valence-corrected chi connectivity index (χ0v) is 77.8. The minimum absolute atomic E-state index is 0.258. The minimum Gasteiger partial charge on any atom is -0.310 e. The van der Waals surface area contributed by atoms with Crippen LogP contribution in [0.15, 0.2) is 473 Å². The SMILES string of the molecule is CC1(C)c2ccccc2-c2ccc(N(c3ccccc3)c3cc(-c4cccc(-c5cccc(-c6cc(N(c7ccccc7)c7ccc8c(c7)C(C)(C)c7ccccc7-8)cc(N(c7cc(-c8ccccc8)cc(-c8ccccc8)c7)c7ccc8c(c7)C(C)(C)c7ccccc7-8)c6)c5)c4)cc(N(c4cc(-c5ccccc5)cc(-c5ccccc5)c4)c4ccc5c(c4)C(C)(C)c4ccccc4-5)c3)cc21. The lowest BCUT2D eigenvalue weighted by molar-refractivity contribution is 0.660. The molecule has 20 aromatic rings. The van der Waals surface area contributed by atoms with E-state index in [9.17, 15) is 0 Å². The number of hydrogen-bond donors (Lipinski definition) is 0. The van der Waals surface area contributed by atoms with E-state index < -0.39 is 0 Å². The maximum atomic E-state index is 2.54. The Morgan fingerprint density at radius 1 is 0.110 bits per heavy atom. The molecule has 0 atom stereocenters. The van der Waals surface area contributed by atoms with Crippen molar-refractivity contribution in [3.63, 3.8) is 0 Å². The molecule has 0 bridgehead atoms. The van der Waals surface area contributed by atoms with Crippen molar-refractivity contribution in [3.05, 3.63) is 518 Å². The number of para-hydroxylation sites is 2. The molecule has 24 rings (SSSR count). The average molecular weight is 1740 g/mol. The molecule has 0 fully saturated rings. The molecule has 0 heterocycles. The van der Waals surface area contributed by atoms with Crippen molar-refractivity contribution >= 4 is 68.2 Å². The van der Waals surface area contributed by atoms with Gasteiger partial charge in [0.1, 0.15) is 0 Å². The van der Waals surface area contributed by atoms with Crippen LogP contribution in [0.2, 0.25) is 0 Å². The van der Waals surface area contributed by atoms with Crippen LogP contribution in [0.4, 0.5) is 68.2 Å². The molecular formula is C132H102N4. The number of hydrogen-bond acceptors (Lipinski definition) is 4. The van der Waals surface area contributed by atoms with Crippen LogP contribution in [-0.2, 0) is 21.7 Å². The van der Waals surface area contributed by atoms with Gasteiger partial charge in [-0.15, -0.1) is 0 Å². The van der Waals surface area contributed by atoms with Crippen molar-refractivity contribution in [2.45, 2.75) is 77.0 Å². The van der Waals surface area contributed by atoms with Gasteiger partial charge in [0, 0.05) is 89.9 Å². The van der Waals surface area contributed by atoms with Crippen LogP contribution in [0.3, 0.4) is 0 Å². The predicted molar refractivity (Wildman–Crippen MR) is 573 cm³/mol. The molecular weight excluding hydrogens is 1640 g/mol. The van der Waals surface area contributed by atoms with E-state index in [2.05, 4.69) is 548 Å². The lowest BCUT2D eigenvalue weighted by Gasteiger charge is -2.32. The number of fused-ring (bicyclic) bond motifs is 12. The van der Waals surface area contributed by atoms with Crippen LogP contribution in [-0.4, -0.2) is 0 Å². The third-order valence-electron chi connectivity index (χ3n) is 29.7. The lowest BCUT2D eigenvalue weighted by atomic mass is 9.82. The van der Waals surface area contributed by atoms with E-state index in [0.29, 0.717) is 0 Å². The van der Waals surface area contributed by atoms with Gasteiger partial charge in [-0.3, -0.25) is 0 Å². The van der Waals surface area contributed by atoms with Gasteiger partial charge in [0.25, 0.3) is 0 Å². The summed E-state index contributed by atoms with van der Waals surface area (Å²) in [4.78, 5) is 10.1. The summed E-state index contributed by atoms with van der Waals surface area (Å²) >= 11 is 0. The maximum Gasteiger partial charge on any atom is 0.0488 e. The van der Waals surface area contributed by atoms with Crippen molar-refractivity contribution in [2.24, 2.45) is 0 Å². The van der Waals surface area contributed by atoms with Crippen LogP contribution in [0, 0.1) is 0 Å². The minimum atomic E-state index is -0.288. The standard InChI is InChI=1S/C132H102N4/c1-129(2)121-57-31-27-53-113(121)117-65-61-103(83-125(117)129)133(101-49-23-13-24-50-101)109-77-99(79-111(81-109)135(105-63-67-119-115-55-29-33-59-123(115)131(5,6)127(119)85-105)107-73-95(87-37-15-9-16-38-87)71-96(74-107)88-39-17-10-18-40-88)93-47-35-45-91(69-93)92-46-36-48-94(70-92)100-78-110(134(102-51-25-14-26-52-102)104-62-66-118-114-54-28-32-58-122(114)130(3,4)126(118)84-104)82-112(80-100)136(106-64-68-120-116-56-30-34-60-124(116)132(7,8)128(120)86-106)108-75-97(89-41-19-11-20-42-89)72-98(76-108)90-43-21-12-22-44-90/h9-86H,1-8H3. The second-order valence-corrected chi connectivity index (χ2v) is 39.3. The smallest absolute Gasteiger partial charge is 0.0488 e. The molecule has 0 unspecified atom stereocenters. The molecule has 0 saturated heterocycles. The van der Waals surface area contributed by atoms with E-state index in [1.807, 2.05) is 0 Å². The number of benzene rings is 20. The Bertz CT molecular complexity index is 7490. The van der Waals surface area contributed by atoms with Crippen molar-refractivity contribution in [3.8, 4) is 122 Å². The lowest BCUT2D eigenvalue weighted by Crippen LogP contribution is -2.18. The zero-order valence-electron chi connectivity index (χ0n) is 77.8. The van der Waals surface area contributed by atoms with Crippen LogP contribution < -0.4 is 19.6 Å². The summed E-state index contributed by atoms with van der Waals surface area (Å²) < 4.78 is 0. The number of rotatable bonds is 19. The first-order valence-electron chi connectivity index (χ1n) is 47.7. The van der Waals surface area contributed by atoms with Gasteiger partial charge in [-0.05, 0) is 325 Å². The van der Waals surface area contributed by atoms with Gasteiger partial charge < -0.3 is 19.6 Å². The zero-order chi connectivity index (χ0) is 91.7. The van der Waals surface area contributed by atoms with E-state index in [1.165, 1.54) is 89.0 Å². The highest BCUT2D eigenvalue weighted by atomic mass is 15.2. The Kier molecular flexibility index (Phi) is 20.0. The van der Waals surface area contributed by atoms with Gasteiger partial charge >= 0.3 is 0 Å². The van der Waals surface area contributed by atoms with Crippen molar-refractivity contribution in [2.75, 3.05) is 19.6 Å². The summed E-state index contributed by atoms with van der Waals surface area (Å²) in [5.41, 5.74) is 47.7. The Labute approximate surface area is 799 Å². The summed E-state index contributed by atoms with van der Waals surface area (Å²) in [6, 6.07) is 178. The van der Waals surface area contributed by atoms with E-state index in [4.69, 9.17) is 0 Å². The molecule has 0 aliphatic heterocycles. The topological polar surface area (TPSA) is 13.0 Å². The molecule has 136 heavy (non-hydrogen) atoms. The molecule has 20 aromatic carbocycles. The summed E-state index contributed by atoms with van der Waals surface area (Å²) in [7, 11) is 0. The van der Waals surface area contributed by atoms with E-state index in [1.54, 1.807) is 0 Å². The first-order chi connectivity index (χ1) is 66.4. The Morgan fingerprint density at radius 3 is 0.537 bits per heavy atom. The van der Waals surface area contributed by atoms with Gasteiger partial charge in [-0.2, -0.15) is 0 Å². The van der Waals surface area contributed by atoms with Gasteiger partial charge in [0.05, 0.1) is 0 Å². The van der Waals surface area contributed by atoms with E-state index in [-0.39, 0.29) is 21.7 Å². The second-order valence-electron chi connectivity index (χ2n) is 39.3. The third kappa shape index (κ3) is 14.2. The molecule has 650 valence electrons. The fourth-order valence-electron chi connectivity index (χ4n) is 22.7.